The molecule has 3 N–H and O–H groups in total. The summed E-state index contributed by atoms with van der Waals surface area (Å²) in [5.41, 5.74) is 2.37. The van der Waals surface area contributed by atoms with Crippen LogP contribution in [0, 0.1) is 0 Å². The smallest absolute Gasteiger partial charge is 0.221 e. The summed E-state index contributed by atoms with van der Waals surface area (Å²) in [5, 5.41) is 9.38. The zero-order valence-corrected chi connectivity index (χ0v) is 13.9. The Bertz CT molecular complexity index is 686. The summed E-state index contributed by atoms with van der Waals surface area (Å²) in [7, 11) is 0. The van der Waals surface area contributed by atoms with E-state index in [4.69, 9.17) is 17.0 Å². The Hall–Kier alpha value is -2.60. The van der Waals surface area contributed by atoms with Crippen molar-refractivity contribution >= 4 is 40.3 Å². The Balaban J connectivity index is 1.95. The van der Waals surface area contributed by atoms with E-state index in [0.29, 0.717) is 17.4 Å². The number of rotatable bonds is 5. The molecule has 0 heterocycles. The summed E-state index contributed by atoms with van der Waals surface area (Å²) in [4.78, 5) is 11.1. The lowest BCUT2D eigenvalue weighted by Crippen LogP contribution is -2.19. The highest BCUT2D eigenvalue weighted by Crippen LogP contribution is 2.18. The molecule has 0 saturated carbocycles. The van der Waals surface area contributed by atoms with Crippen molar-refractivity contribution in [3.63, 3.8) is 0 Å². The summed E-state index contributed by atoms with van der Waals surface area (Å²) < 4.78 is 5.40. The zero-order valence-electron chi connectivity index (χ0n) is 13.1. The fraction of sp³-hybridized carbons (Fsp3) is 0.176. The predicted molar refractivity (Wildman–Crippen MR) is 98.2 cm³/mol. The summed E-state index contributed by atoms with van der Waals surface area (Å²) >= 11 is 5.29. The van der Waals surface area contributed by atoms with Crippen LogP contribution >= 0.6 is 12.2 Å². The first-order chi connectivity index (χ1) is 11.1. The lowest BCUT2D eigenvalue weighted by atomic mass is 10.2. The van der Waals surface area contributed by atoms with Gasteiger partial charge in [0.2, 0.25) is 5.91 Å². The Morgan fingerprint density at radius 3 is 2.22 bits per heavy atom. The van der Waals surface area contributed by atoms with Crippen LogP contribution in [0.15, 0.2) is 48.5 Å². The van der Waals surface area contributed by atoms with Gasteiger partial charge in [0.15, 0.2) is 5.11 Å². The van der Waals surface area contributed by atoms with E-state index >= 15 is 0 Å². The minimum Gasteiger partial charge on any atom is -0.494 e. The first-order valence-corrected chi connectivity index (χ1v) is 7.66. The van der Waals surface area contributed by atoms with Crippen LogP contribution in [0.2, 0.25) is 0 Å². The van der Waals surface area contributed by atoms with Crippen molar-refractivity contribution in [2.75, 3.05) is 22.6 Å². The molecule has 0 fully saturated rings. The molecule has 23 heavy (non-hydrogen) atoms. The Morgan fingerprint density at radius 1 is 1.00 bits per heavy atom. The number of carbonyl (C=O) groups excluding carboxylic acids is 1. The minimum absolute atomic E-state index is 0.114. The van der Waals surface area contributed by atoms with Gasteiger partial charge in [0.25, 0.3) is 0 Å². The summed E-state index contributed by atoms with van der Waals surface area (Å²) in [6.45, 7) is 4.05. The molecule has 0 radical (unpaired) electrons. The van der Waals surface area contributed by atoms with Crippen molar-refractivity contribution in [3.05, 3.63) is 48.5 Å². The molecule has 1 amide bonds. The second-order valence-electron chi connectivity index (χ2n) is 4.80. The molecular weight excluding hydrogens is 310 g/mol. The van der Waals surface area contributed by atoms with Gasteiger partial charge in [-0.2, -0.15) is 0 Å². The van der Waals surface area contributed by atoms with Gasteiger partial charge in [-0.25, -0.2) is 0 Å². The molecule has 0 aliphatic carbocycles. The Kier molecular flexibility index (Phi) is 5.94. The SMILES string of the molecule is CCOc1ccc(NC(=S)Nc2cccc(NC(C)=O)c2)cc1. The quantitative estimate of drug-likeness (QED) is 0.727. The van der Waals surface area contributed by atoms with Crippen LogP contribution in [0.4, 0.5) is 17.1 Å². The molecule has 0 aliphatic heterocycles. The van der Waals surface area contributed by atoms with Gasteiger partial charge in [0.05, 0.1) is 6.61 Å². The highest BCUT2D eigenvalue weighted by Gasteiger charge is 2.02. The normalized spacial score (nSPS) is 9.83. The molecule has 2 aromatic carbocycles. The third-order valence-electron chi connectivity index (χ3n) is 2.86. The molecule has 2 rings (SSSR count). The van der Waals surface area contributed by atoms with E-state index in [2.05, 4.69) is 16.0 Å². The van der Waals surface area contributed by atoms with Crippen LogP contribution in [0.5, 0.6) is 5.75 Å². The average molecular weight is 329 g/mol. The van der Waals surface area contributed by atoms with Gasteiger partial charge in [-0.1, -0.05) is 6.07 Å². The maximum atomic E-state index is 11.1. The van der Waals surface area contributed by atoms with Crippen molar-refractivity contribution < 1.29 is 9.53 Å². The van der Waals surface area contributed by atoms with Crippen LogP contribution in [-0.2, 0) is 4.79 Å². The van der Waals surface area contributed by atoms with E-state index < -0.39 is 0 Å². The standard InChI is InChI=1S/C17H19N3O2S/c1-3-22-16-9-7-13(8-10-16)19-17(23)20-15-6-4-5-14(11-15)18-12(2)21/h4-11H,3H2,1-2H3,(H,18,21)(H2,19,20,23). The number of benzene rings is 2. The van der Waals surface area contributed by atoms with E-state index in [1.165, 1.54) is 6.92 Å². The summed E-state index contributed by atoms with van der Waals surface area (Å²) in [6.07, 6.45) is 0. The fourth-order valence-electron chi connectivity index (χ4n) is 1.97. The first kappa shape index (κ1) is 16.8. The lowest BCUT2D eigenvalue weighted by molar-refractivity contribution is -0.114. The van der Waals surface area contributed by atoms with E-state index in [1.807, 2.05) is 55.5 Å². The van der Waals surface area contributed by atoms with Crippen molar-refractivity contribution in [2.24, 2.45) is 0 Å². The van der Waals surface area contributed by atoms with E-state index in [-0.39, 0.29) is 5.91 Å². The number of anilines is 3. The second kappa shape index (κ2) is 8.14. The molecule has 6 heteroatoms. The average Bonchev–Trinajstić information content (AvgIpc) is 2.49. The van der Waals surface area contributed by atoms with Crippen LogP contribution in [-0.4, -0.2) is 17.6 Å². The monoisotopic (exact) mass is 329 g/mol. The molecule has 0 unspecified atom stereocenters. The molecule has 5 nitrogen and oxygen atoms in total. The van der Waals surface area contributed by atoms with Gasteiger partial charge in [-0.3, -0.25) is 4.79 Å². The number of hydrogen-bond donors (Lipinski definition) is 3. The predicted octanol–water partition coefficient (Wildman–Crippen LogP) is 3.85. The van der Waals surface area contributed by atoms with E-state index in [0.717, 1.165) is 17.1 Å². The summed E-state index contributed by atoms with van der Waals surface area (Å²) in [6, 6.07) is 14.9. The zero-order chi connectivity index (χ0) is 16.7. The molecule has 0 bridgehead atoms. The number of ether oxygens (including phenoxy) is 1. The van der Waals surface area contributed by atoms with Crippen LogP contribution < -0.4 is 20.7 Å². The molecule has 2 aromatic rings. The third-order valence-corrected chi connectivity index (χ3v) is 3.07. The van der Waals surface area contributed by atoms with Crippen LogP contribution in [0.1, 0.15) is 13.8 Å². The van der Waals surface area contributed by atoms with Crippen molar-refractivity contribution in [2.45, 2.75) is 13.8 Å². The van der Waals surface area contributed by atoms with Gasteiger partial charge in [0.1, 0.15) is 5.75 Å². The maximum absolute atomic E-state index is 11.1. The molecule has 0 spiro atoms. The van der Waals surface area contributed by atoms with Crippen LogP contribution in [0.3, 0.4) is 0 Å². The minimum atomic E-state index is -0.114. The number of carbonyl (C=O) groups is 1. The first-order valence-electron chi connectivity index (χ1n) is 7.25. The van der Waals surface area contributed by atoms with Crippen molar-refractivity contribution in [1.29, 1.82) is 0 Å². The third kappa shape index (κ3) is 5.60. The van der Waals surface area contributed by atoms with Gasteiger partial charge >= 0.3 is 0 Å². The molecule has 0 saturated heterocycles. The maximum Gasteiger partial charge on any atom is 0.221 e. The van der Waals surface area contributed by atoms with E-state index in [1.54, 1.807) is 0 Å². The molecule has 0 atom stereocenters. The number of hydrogen-bond acceptors (Lipinski definition) is 3. The Labute approximate surface area is 141 Å². The number of thiocarbonyl (C=S) groups is 1. The van der Waals surface area contributed by atoms with Crippen LogP contribution in [0.25, 0.3) is 0 Å². The molecule has 0 aromatic heterocycles. The van der Waals surface area contributed by atoms with Gasteiger partial charge < -0.3 is 20.7 Å². The molecule has 120 valence electrons. The second-order valence-corrected chi connectivity index (χ2v) is 5.21. The van der Waals surface area contributed by atoms with E-state index in [9.17, 15) is 4.79 Å². The lowest BCUT2D eigenvalue weighted by Gasteiger charge is -2.12. The van der Waals surface area contributed by atoms with Gasteiger partial charge in [-0.15, -0.1) is 0 Å². The highest BCUT2D eigenvalue weighted by molar-refractivity contribution is 7.80. The number of amides is 1. The molecule has 0 aliphatic rings. The topological polar surface area (TPSA) is 62.4 Å². The van der Waals surface area contributed by atoms with Gasteiger partial charge in [-0.05, 0) is 61.6 Å². The largest absolute Gasteiger partial charge is 0.494 e. The fourth-order valence-corrected chi connectivity index (χ4v) is 2.21. The van der Waals surface area contributed by atoms with Crippen molar-refractivity contribution in [3.8, 4) is 5.75 Å². The number of nitrogens with one attached hydrogen (secondary N) is 3. The Morgan fingerprint density at radius 2 is 1.61 bits per heavy atom. The van der Waals surface area contributed by atoms with Gasteiger partial charge in [0, 0.05) is 24.0 Å². The highest BCUT2D eigenvalue weighted by atomic mass is 32.1. The molecular formula is C17H19N3O2S. The van der Waals surface area contributed by atoms with Crippen molar-refractivity contribution in [1.82, 2.24) is 0 Å². The summed E-state index contributed by atoms with van der Waals surface area (Å²) in [5.74, 6) is 0.706.